The standard InChI is InChI=1S/C26H26ClNO5/c1-14-23(26(30)33-4)24(19-13-18(31-2)9-10-22(19)32-3)25-20(28-14)11-16(12-21(25)29)15-5-7-17(27)8-6-15/h5-10,13,16,24,28H,11-12H2,1-4H3/t16-,24-/m1/s1. The molecule has 0 aromatic heterocycles. The summed E-state index contributed by atoms with van der Waals surface area (Å²) >= 11 is 6.05. The van der Waals surface area contributed by atoms with Crippen molar-refractivity contribution in [2.45, 2.75) is 31.6 Å². The Hall–Kier alpha value is -3.25. The van der Waals surface area contributed by atoms with E-state index in [4.69, 9.17) is 25.8 Å². The van der Waals surface area contributed by atoms with E-state index in [-0.39, 0.29) is 11.7 Å². The molecule has 7 heteroatoms. The molecule has 172 valence electrons. The highest BCUT2D eigenvalue weighted by molar-refractivity contribution is 6.30. The fourth-order valence-electron chi connectivity index (χ4n) is 4.77. The number of allylic oxidation sites excluding steroid dienone is 3. The molecule has 4 rings (SSSR count). The van der Waals surface area contributed by atoms with Gasteiger partial charge < -0.3 is 19.5 Å². The Morgan fingerprint density at radius 1 is 1.03 bits per heavy atom. The maximum Gasteiger partial charge on any atom is 0.336 e. The van der Waals surface area contributed by atoms with Gasteiger partial charge in [0, 0.05) is 34.0 Å². The second-order valence-electron chi connectivity index (χ2n) is 8.17. The van der Waals surface area contributed by atoms with E-state index in [0.717, 1.165) is 11.3 Å². The molecule has 0 fully saturated rings. The van der Waals surface area contributed by atoms with Crippen LogP contribution in [0, 0.1) is 0 Å². The molecule has 2 aromatic rings. The minimum atomic E-state index is -0.627. The van der Waals surface area contributed by atoms with E-state index in [9.17, 15) is 9.59 Å². The number of Topliss-reactive ketones (excluding diaryl/α,β-unsaturated/α-hetero) is 1. The van der Waals surface area contributed by atoms with Gasteiger partial charge in [-0.15, -0.1) is 0 Å². The highest BCUT2D eigenvalue weighted by Gasteiger charge is 2.42. The molecule has 0 bridgehead atoms. The van der Waals surface area contributed by atoms with E-state index in [1.54, 1.807) is 26.4 Å². The Kier molecular flexibility index (Phi) is 6.47. The molecular weight excluding hydrogens is 442 g/mol. The van der Waals surface area contributed by atoms with Crippen molar-refractivity contribution in [2.24, 2.45) is 0 Å². The largest absolute Gasteiger partial charge is 0.497 e. The van der Waals surface area contributed by atoms with Gasteiger partial charge in [0.1, 0.15) is 11.5 Å². The molecule has 0 radical (unpaired) electrons. The van der Waals surface area contributed by atoms with Crippen molar-refractivity contribution in [1.82, 2.24) is 5.32 Å². The molecule has 2 atom stereocenters. The maximum absolute atomic E-state index is 13.6. The molecule has 0 unspecified atom stereocenters. The lowest BCUT2D eigenvalue weighted by Crippen LogP contribution is -2.36. The number of hydrogen-bond donors (Lipinski definition) is 1. The van der Waals surface area contributed by atoms with Crippen LogP contribution < -0.4 is 14.8 Å². The van der Waals surface area contributed by atoms with Crippen LogP contribution in [0.5, 0.6) is 11.5 Å². The van der Waals surface area contributed by atoms with Crippen LogP contribution in [-0.2, 0) is 14.3 Å². The lowest BCUT2D eigenvalue weighted by molar-refractivity contribution is -0.136. The number of ether oxygens (including phenoxy) is 3. The fourth-order valence-corrected chi connectivity index (χ4v) is 4.89. The van der Waals surface area contributed by atoms with Gasteiger partial charge >= 0.3 is 5.97 Å². The smallest absolute Gasteiger partial charge is 0.336 e. The van der Waals surface area contributed by atoms with Crippen molar-refractivity contribution in [1.29, 1.82) is 0 Å². The first-order valence-electron chi connectivity index (χ1n) is 10.7. The zero-order chi connectivity index (χ0) is 23.7. The van der Waals surface area contributed by atoms with Crippen LogP contribution in [0.4, 0.5) is 0 Å². The molecule has 1 aliphatic carbocycles. The van der Waals surface area contributed by atoms with E-state index in [1.807, 2.05) is 37.3 Å². The molecule has 33 heavy (non-hydrogen) atoms. The first-order chi connectivity index (χ1) is 15.9. The number of hydrogen-bond acceptors (Lipinski definition) is 6. The number of benzene rings is 2. The predicted octanol–water partition coefficient (Wildman–Crippen LogP) is 4.89. The van der Waals surface area contributed by atoms with Gasteiger partial charge in [-0.2, -0.15) is 0 Å². The average molecular weight is 468 g/mol. The lowest BCUT2D eigenvalue weighted by atomic mass is 9.71. The average Bonchev–Trinajstić information content (AvgIpc) is 2.82. The van der Waals surface area contributed by atoms with Gasteiger partial charge in [0.2, 0.25) is 0 Å². The van der Waals surface area contributed by atoms with E-state index in [0.29, 0.717) is 51.8 Å². The van der Waals surface area contributed by atoms with Crippen LogP contribution in [0.2, 0.25) is 5.02 Å². The van der Waals surface area contributed by atoms with Crippen molar-refractivity contribution >= 4 is 23.4 Å². The number of nitrogens with one attached hydrogen (secondary N) is 1. The molecule has 2 aromatic carbocycles. The van der Waals surface area contributed by atoms with E-state index >= 15 is 0 Å². The van der Waals surface area contributed by atoms with Crippen LogP contribution in [-0.4, -0.2) is 33.1 Å². The Bertz CT molecular complexity index is 1170. The number of rotatable bonds is 5. The summed E-state index contributed by atoms with van der Waals surface area (Å²) in [7, 11) is 4.48. The summed E-state index contributed by atoms with van der Waals surface area (Å²) in [6.07, 6.45) is 0.968. The Morgan fingerprint density at radius 2 is 1.76 bits per heavy atom. The van der Waals surface area contributed by atoms with Crippen molar-refractivity contribution in [2.75, 3.05) is 21.3 Å². The van der Waals surface area contributed by atoms with Gasteiger partial charge in [-0.05, 0) is 55.2 Å². The van der Waals surface area contributed by atoms with Crippen molar-refractivity contribution in [3.8, 4) is 11.5 Å². The van der Waals surface area contributed by atoms with Crippen molar-refractivity contribution in [3.05, 3.63) is 81.2 Å². The Morgan fingerprint density at radius 3 is 2.39 bits per heavy atom. The fraction of sp³-hybridized carbons (Fsp3) is 0.308. The third-order valence-corrected chi connectivity index (χ3v) is 6.57. The third-order valence-electron chi connectivity index (χ3n) is 6.32. The molecule has 1 heterocycles. The second-order valence-corrected chi connectivity index (χ2v) is 8.60. The number of ketones is 1. The van der Waals surface area contributed by atoms with Gasteiger partial charge in [-0.1, -0.05) is 23.7 Å². The Balaban J connectivity index is 1.86. The molecule has 1 aliphatic heterocycles. The monoisotopic (exact) mass is 467 g/mol. The van der Waals surface area contributed by atoms with Crippen LogP contribution >= 0.6 is 11.6 Å². The highest BCUT2D eigenvalue weighted by atomic mass is 35.5. The van der Waals surface area contributed by atoms with Crippen LogP contribution in [0.25, 0.3) is 0 Å². The first-order valence-corrected chi connectivity index (χ1v) is 11.1. The van der Waals surface area contributed by atoms with E-state index in [2.05, 4.69) is 5.32 Å². The van der Waals surface area contributed by atoms with Crippen LogP contribution in [0.3, 0.4) is 0 Å². The minimum Gasteiger partial charge on any atom is -0.497 e. The first kappa shape index (κ1) is 22.9. The molecule has 1 N–H and O–H groups in total. The zero-order valence-corrected chi connectivity index (χ0v) is 19.8. The second kappa shape index (κ2) is 9.32. The number of carbonyl (C=O) groups is 2. The highest BCUT2D eigenvalue weighted by Crippen LogP contribution is 2.48. The number of dihydropyridines is 1. The molecular formula is C26H26ClNO5. The SMILES string of the molecule is COC(=O)C1=C(C)NC2=C(C(=O)C[C@H](c3ccc(Cl)cc3)C2)[C@@H]1c1cc(OC)ccc1OC. The van der Waals surface area contributed by atoms with Crippen molar-refractivity contribution in [3.63, 3.8) is 0 Å². The quantitative estimate of drug-likeness (QED) is 0.631. The summed E-state index contributed by atoms with van der Waals surface area (Å²) in [5, 5.41) is 3.99. The lowest BCUT2D eigenvalue weighted by Gasteiger charge is -2.37. The normalized spacial score (nSPS) is 20.2. The number of carbonyl (C=O) groups excluding carboxylic acids is 2. The Labute approximate surface area is 198 Å². The van der Waals surface area contributed by atoms with Gasteiger partial charge in [0.05, 0.1) is 32.8 Å². The number of esters is 1. The molecule has 0 saturated carbocycles. The molecule has 0 amide bonds. The summed E-state index contributed by atoms with van der Waals surface area (Å²) in [6.45, 7) is 1.83. The summed E-state index contributed by atoms with van der Waals surface area (Å²) < 4.78 is 16.1. The molecule has 0 spiro atoms. The predicted molar refractivity (Wildman–Crippen MR) is 126 cm³/mol. The molecule has 6 nitrogen and oxygen atoms in total. The molecule has 0 saturated heterocycles. The summed E-state index contributed by atoms with van der Waals surface area (Å²) in [5.41, 5.74) is 4.16. The summed E-state index contributed by atoms with van der Waals surface area (Å²) in [6, 6.07) is 13.0. The number of methoxy groups -OCH3 is 3. The third kappa shape index (κ3) is 4.23. The molecule has 2 aliphatic rings. The van der Waals surface area contributed by atoms with Gasteiger partial charge in [-0.3, -0.25) is 4.79 Å². The van der Waals surface area contributed by atoms with Crippen LogP contribution in [0.1, 0.15) is 42.7 Å². The topological polar surface area (TPSA) is 73.9 Å². The van der Waals surface area contributed by atoms with Gasteiger partial charge in [0.25, 0.3) is 0 Å². The number of halogens is 1. The zero-order valence-electron chi connectivity index (χ0n) is 19.0. The summed E-state index contributed by atoms with van der Waals surface area (Å²) in [4.78, 5) is 26.5. The summed E-state index contributed by atoms with van der Waals surface area (Å²) in [5.74, 6) is 0.0484. The van der Waals surface area contributed by atoms with Gasteiger partial charge in [-0.25, -0.2) is 4.79 Å². The maximum atomic E-state index is 13.6. The minimum absolute atomic E-state index is 0.0151. The van der Waals surface area contributed by atoms with Crippen molar-refractivity contribution < 1.29 is 23.8 Å². The van der Waals surface area contributed by atoms with Gasteiger partial charge in [0.15, 0.2) is 5.78 Å². The van der Waals surface area contributed by atoms with E-state index < -0.39 is 11.9 Å². The van der Waals surface area contributed by atoms with E-state index in [1.165, 1.54) is 7.11 Å². The van der Waals surface area contributed by atoms with Crippen LogP contribution in [0.15, 0.2) is 65.0 Å².